The molecule has 1 fully saturated rings. The lowest BCUT2D eigenvalue weighted by molar-refractivity contribution is 0.123. The molecule has 0 aromatic carbocycles. The van der Waals surface area contributed by atoms with Crippen molar-refractivity contribution >= 4 is 27.2 Å². The summed E-state index contributed by atoms with van der Waals surface area (Å²) in [4.78, 5) is 2.77. The van der Waals surface area contributed by atoms with E-state index in [1.807, 2.05) is 13.8 Å². The summed E-state index contributed by atoms with van der Waals surface area (Å²) in [6.45, 7) is 5.96. The van der Waals surface area contributed by atoms with Crippen LogP contribution in [-0.2, 0) is 17.1 Å². The molecule has 7 nitrogen and oxygen atoms in total. The largest absolute Gasteiger partial charge is 0.392 e. The molecule has 1 aromatic heterocycles. The Labute approximate surface area is 130 Å². The fraction of sp³-hybridized carbons (Fsp3) is 0.667. The van der Waals surface area contributed by atoms with Crippen molar-refractivity contribution in [1.82, 2.24) is 19.0 Å². The number of hydrogen-bond acceptors (Lipinski definition) is 5. The molecule has 0 saturated carbocycles. The Morgan fingerprint density at radius 3 is 2.33 bits per heavy atom. The van der Waals surface area contributed by atoms with Gasteiger partial charge in [0.25, 0.3) is 0 Å². The monoisotopic (exact) mass is 331 g/mol. The third-order valence-electron chi connectivity index (χ3n) is 3.95. The number of nitrogens with zero attached hydrogens (tertiary/aromatic N) is 4. The fourth-order valence-corrected chi connectivity index (χ4v) is 3.86. The van der Waals surface area contributed by atoms with Gasteiger partial charge in [0.05, 0.1) is 16.7 Å². The van der Waals surface area contributed by atoms with E-state index >= 15 is 0 Å². The quantitative estimate of drug-likeness (QED) is 0.769. The molecule has 2 N–H and O–H groups in total. The van der Waals surface area contributed by atoms with Crippen molar-refractivity contribution in [2.45, 2.75) is 24.3 Å². The summed E-state index contributed by atoms with van der Waals surface area (Å²) in [5.74, 6) is 0. The van der Waals surface area contributed by atoms with E-state index in [1.54, 1.807) is 7.05 Å². The van der Waals surface area contributed by atoms with E-state index in [1.165, 1.54) is 21.4 Å². The molecule has 0 amide bonds. The first-order valence-corrected chi connectivity index (χ1v) is 8.54. The van der Waals surface area contributed by atoms with Crippen molar-refractivity contribution in [1.29, 1.82) is 0 Å². The average Bonchev–Trinajstić information content (AvgIpc) is 2.86. The lowest BCUT2D eigenvalue weighted by Gasteiger charge is -2.42. The molecule has 1 aliphatic heterocycles. The van der Waals surface area contributed by atoms with Crippen molar-refractivity contribution in [3.8, 4) is 0 Å². The van der Waals surface area contributed by atoms with Gasteiger partial charge in [0.15, 0.2) is 0 Å². The Bertz CT molecular complexity index is 630. The zero-order chi connectivity index (χ0) is 15.8. The van der Waals surface area contributed by atoms with Gasteiger partial charge in [0.1, 0.15) is 4.90 Å². The van der Waals surface area contributed by atoms with Gasteiger partial charge in [-0.3, -0.25) is 9.58 Å². The summed E-state index contributed by atoms with van der Waals surface area (Å²) < 4.78 is 28.0. The van der Waals surface area contributed by atoms with Crippen LogP contribution in [0.2, 0.25) is 0 Å². The number of sulfonamides is 1. The van der Waals surface area contributed by atoms with Crippen LogP contribution in [-0.4, -0.2) is 64.1 Å². The van der Waals surface area contributed by atoms with Crippen molar-refractivity contribution in [3.05, 3.63) is 12.4 Å². The Kier molecular flexibility index (Phi) is 4.39. The molecular weight excluding hydrogens is 310 g/mol. The number of rotatable bonds is 4. The molecule has 2 rings (SSSR count). The van der Waals surface area contributed by atoms with E-state index < -0.39 is 15.6 Å². The maximum absolute atomic E-state index is 12.5. The molecular formula is C12H21N5O2S2. The Hall–Kier alpha value is -1.03. The van der Waals surface area contributed by atoms with Gasteiger partial charge < -0.3 is 5.73 Å². The molecule has 9 heteroatoms. The highest BCUT2D eigenvalue weighted by Crippen LogP contribution is 2.21. The second kappa shape index (κ2) is 5.64. The van der Waals surface area contributed by atoms with Crippen LogP contribution in [0.5, 0.6) is 0 Å². The first kappa shape index (κ1) is 16.3. The number of hydrogen-bond donors (Lipinski definition) is 1. The Morgan fingerprint density at radius 2 is 1.90 bits per heavy atom. The van der Waals surface area contributed by atoms with Gasteiger partial charge in [-0.15, -0.1) is 0 Å². The van der Waals surface area contributed by atoms with Gasteiger partial charge in [-0.05, 0) is 13.8 Å². The van der Waals surface area contributed by atoms with E-state index in [9.17, 15) is 8.42 Å². The highest BCUT2D eigenvalue weighted by atomic mass is 32.2. The van der Waals surface area contributed by atoms with E-state index in [0.717, 1.165) is 0 Å². The molecule has 0 unspecified atom stereocenters. The molecule has 0 aliphatic carbocycles. The van der Waals surface area contributed by atoms with Crippen LogP contribution < -0.4 is 5.73 Å². The van der Waals surface area contributed by atoms with Gasteiger partial charge in [0.2, 0.25) is 10.0 Å². The summed E-state index contributed by atoms with van der Waals surface area (Å²) in [5, 5.41) is 3.92. The van der Waals surface area contributed by atoms with Gasteiger partial charge >= 0.3 is 0 Å². The summed E-state index contributed by atoms with van der Waals surface area (Å²) in [6, 6.07) is 0. The van der Waals surface area contributed by atoms with Crippen molar-refractivity contribution in [2.75, 3.05) is 26.2 Å². The van der Waals surface area contributed by atoms with E-state index in [2.05, 4.69) is 10.00 Å². The van der Waals surface area contributed by atoms with E-state index in [-0.39, 0.29) is 4.90 Å². The first-order valence-electron chi connectivity index (χ1n) is 6.69. The molecule has 2 heterocycles. The summed E-state index contributed by atoms with van der Waals surface area (Å²) in [6.07, 6.45) is 2.89. The second-order valence-electron chi connectivity index (χ2n) is 5.66. The standard InChI is InChI=1S/C12H21N5O2S2/c1-12(2,11(13)20)16-4-6-17(7-5-16)21(18,19)10-8-14-15(3)9-10/h8-9H,4-7H2,1-3H3,(H2,13,20). The van der Waals surface area contributed by atoms with Gasteiger partial charge in [0, 0.05) is 39.4 Å². The van der Waals surface area contributed by atoms with Crippen molar-refractivity contribution in [3.63, 3.8) is 0 Å². The van der Waals surface area contributed by atoms with Crippen LogP contribution in [0.15, 0.2) is 17.3 Å². The van der Waals surface area contributed by atoms with Crippen LogP contribution in [0.25, 0.3) is 0 Å². The normalized spacial score (nSPS) is 18.8. The minimum atomic E-state index is -3.47. The number of thiocarbonyl (C=S) groups is 1. The molecule has 0 spiro atoms. The van der Waals surface area contributed by atoms with Crippen LogP contribution in [0, 0.1) is 0 Å². The first-order chi connectivity index (χ1) is 9.65. The van der Waals surface area contributed by atoms with Crippen molar-refractivity contribution < 1.29 is 8.42 Å². The second-order valence-corrected chi connectivity index (χ2v) is 8.04. The molecule has 21 heavy (non-hydrogen) atoms. The summed E-state index contributed by atoms with van der Waals surface area (Å²) >= 11 is 5.09. The molecule has 1 aliphatic rings. The zero-order valence-electron chi connectivity index (χ0n) is 12.5. The minimum absolute atomic E-state index is 0.229. The summed E-state index contributed by atoms with van der Waals surface area (Å²) in [5.41, 5.74) is 5.36. The van der Waals surface area contributed by atoms with E-state index in [0.29, 0.717) is 31.2 Å². The number of aromatic nitrogens is 2. The van der Waals surface area contributed by atoms with Gasteiger partial charge in [-0.1, -0.05) is 12.2 Å². The van der Waals surface area contributed by atoms with Crippen LogP contribution >= 0.6 is 12.2 Å². The van der Waals surface area contributed by atoms with Gasteiger partial charge in [-0.2, -0.15) is 9.40 Å². The van der Waals surface area contributed by atoms with Crippen LogP contribution in [0.3, 0.4) is 0 Å². The number of nitrogens with two attached hydrogens (primary N) is 1. The van der Waals surface area contributed by atoms with Crippen LogP contribution in [0.1, 0.15) is 13.8 Å². The maximum atomic E-state index is 12.5. The summed E-state index contributed by atoms with van der Waals surface area (Å²) in [7, 11) is -1.78. The predicted octanol–water partition coefficient (Wildman–Crippen LogP) is -0.209. The fourth-order valence-electron chi connectivity index (χ4n) is 2.32. The zero-order valence-corrected chi connectivity index (χ0v) is 14.1. The molecule has 118 valence electrons. The lowest BCUT2D eigenvalue weighted by atomic mass is 10.0. The molecule has 1 saturated heterocycles. The third-order valence-corrected chi connectivity index (χ3v) is 6.30. The smallest absolute Gasteiger partial charge is 0.246 e. The highest BCUT2D eigenvalue weighted by molar-refractivity contribution is 7.89. The SMILES string of the molecule is Cn1cc(S(=O)(=O)N2CCN(C(C)(C)C(N)=S)CC2)cn1. The molecule has 0 atom stereocenters. The number of piperazine rings is 1. The maximum Gasteiger partial charge on any atom is 0.246 e. The van der Waals surface area contributed by atoms with Crippen molar-refractivity contribution in [2.24, 2.45) is 12.8 Å². The van der Waals surface area contributed by atoms with E-state index in [4.69, 9.17) is 18.0 Å². The molecule has 0 bridgehead atoms. The molecule has 0 radical (unpaired) electrons. The predicted molar refractivity (Wildman–Crippen MR) is 84.4 cm³/mol. The topological polar surface area (TPSA) is 84.5 Å². The highest BCUT2D eigenvalue weighted by Gasteiger charge is 2.36. The average molecular weight is 331 g/mol. The Balaban J connectivity index is 2.09. The van der Waals surface area contributed by atoms with Crippen LogP contribution in [0.4, 0.5) is 0 Å². The lowest BCUT2D eigenvalue weighted by Crippen LogP contribution is -2.59. The van der Waals surface area contributed by atoms with Gasteiger partial charge in [-0.25, -0.2) is 8.42 Å². The Morgan fingerprint density at radius 1 is 1.33 bits per heavy atom. The third kappa shape index (κ3) is 3.10. The molecule has 1 aromatic rings. The number of aryl methyl sites for hydroxylation is 1. The minimum Gasteiger partial charge on any atom is -0.392 e.